The van der Waals surface area contributed by atoms with Crippen LogP contribution in [0.15, 0.2) is 0 Å². The fourth-order valence-electron chi connectivity index (χ4n) is 1.43. The van der Waals surface area contributed by atoms with Crippen LogP contribution in [-0.4, -0.2) is 38.6 Å². The Hall–Kier alpha value is -0.120. The van der Waals surface area contributed by atoms with Crippen LogP contribution in [-0.2, 0) is 14.2 Å². The summed E-state index contributed by atoms with van der Waals surface area (Å²) < 4.78 is 16.1. The number of hydrogen-bond donors (Lipinski definition) is 0. The highest BCUT2D eigenvalue weighted by Crippen LogP contribution is 2.25. The van der Waals surface area contributed by atoms with E-state index in [1.807, 2.05) is 0 Å². The van der Waals surface area contributed by atoms with Crippen molar-refractivity contribution in [1.82, 2.24) is 0 Å². The Morgan fingerprint density at radius 3 is 2.30 bits per heavy atom. The van der Waals surface area contributed by atoms with Crippen LogP contribution in [0.1, 0.15) is 6.42 Å². The molecule has 0 saturated carbocycles. The van der Waals surface area contributed by atoms with Crippen molar-refractivity contribution >= 4 is 0 Å². The Kier molecular flexibility index (Phi) is 1.64. The average Bonchev–Trinajstić information content (AvgIpc) is 2.39. The first kappa shape index (κ1) is 6.58. The van der Waals surface area contributed by atoms with E-state index < -0.39 is 0 Å². The highest BCUT2D eigenvalue weighted by Gasteiger charge is 2.38. The van der Waals surface area contributed by atoms with Crippen molar-refractivity contribution in [1.29, 1.82) is 0 Å². The molecular formula is C7H12O3. The summed E-state index contributed by atoms with van der Waals surface area (Å²) in [6.07, 6.45) is 0.993. The Morgan fingerprint density at radius 2 is 1.70 bits per heavy atom. The van der Waals surface area contributed by atoms with E-state index in [1.54, 1.807) is 0 Å². The SMILES string of the molecule is C1COC2(CCOC2)CO1. The lowest BCUT2D eigenvalue weighted by molar-refractivity contribution is -0.155. The first-order valence-electron chi connectivity index (χ1n) is 3.71. The Labute approximate surface area is 60.3 Å². The third kappa shape index (κ3) is 1.05. The van der Waals surface area contributed by atoms with Crippen LogP contribution in [0.25, 0.3) is 0 Å². The van der Waals surface area contributed by atoms with Crippen molar-refractivity contribution in [2.45, 2.75) is 12.0 Å². The lowest BCUT2D eigenvalue weighted by Crippen LogP contribution is -2.43. The standard InChI is InChI=1S/C7H12O3/c1-2-8-5-7(1)6-9-3-4-10-7/h1-6H2. The predicted molar refractivity (Wildman–Crippen MR) is 34.9 cm³/mol. The molecule has 2 saturated heterocycles. The van der Waals surface area contributed by atoms with Gasteiger partial charge in [0.25, 0.3) is 0 Å². The van der Waals surface area contributed by atoms with Gasteiger partial charge in [-0.05, 0) is 0 Å². The lowest BCUT2D eigenvalue weighted by Gasteiger charge is -2.31. The monoisotopic (exact) mass is 144 g/mol. The largest absolute Gasteiger partial charge is 0.378 e. The minimum atomic E-state index is -0.0712. The molecule has 3 heteroatoms. The predicted octanol–water partition coefficient (Wildman–Crippen LogP) is 0.192. The molecule has 2 rings (SSSR count). The van der Waals surface area contributed by atoms with Crippen molar-refractivity contribution < 1.29 is 14.2 Å². The van der Waals surface area contributed by atoms with Gasteiger partial charge in [-0.25, -0.2) is 0 Å². The highest BCUT2D eigenvalue weighted by molar-refractivity contribution is 4.86. The smallest absolute Gasteiger partial charge is 0.117 e. The van der Waals surface area contributed by atoms with Gasteiger partial charge < -0.3 is 14.2 Å². The molecular weight excluding hydrogens is 132 g/mol. The molecule has 0 radical (unpaired) electrons. The van der Waals surface area contributed by atoms with Crippen LogP contribution < -0.4 is 0 Å². The van der Waals surface area contributed by atoms with E-state index in [4.69, 9.17) is 14.2 Å². The molecule has 10 heavy (non-hydrogen) atoms. The van der Waals surface area contributed by atoms with Crippen LogP contribution in [0.4, 0.5) is 0 Å². The lowest BCUT2D eigenvalue weighted by atomic mass is 10.0. The van der Waals surface area contributed by atoms with E-state index in [-0.39, 0.29) is 5.60 Å². The van der Waals surface area contributed by atoms with E-state index >= 15 is 0 Å². The van der Waals surface area contributed by atoms with Gasteiger partial charge in [0, 0.05) is 13.0 Å². The molecule has 0 aliphatic carbocycles. The first-order valence-corrected chi connectivity index (χ1v) is 3.71. The number of ether oxygens (including phenoxy) is 3. The van der Waals surface area contributed by atoms with Crippen LogP contribution in [0.3, 0.4) is 0 Å². The van der Waals surface area contributed by atoms with Crippen LogP contribution in [0.2, 0.25) is 0 Å². The van der Waals surface area contributed by atoms with Crippen molar-refractivity contribution in [3.05, 3.63) is 0 Å². The van der Waals surface area contributed by atoms with Crippen molar-refractivity contribution in [2.24, 2.45) is 0 Å². The second-order valence-electron chi connectivity index (χ2n) is 2.89. The molecule has 2 heterocycles. The van der Waals surface area contributed by atoms with Gasteiger partial charge in [0.1, 0.15) is 5.60 Å². The van der Waals surface area contributed by atoms with Gasteiger partial charge in [0.2, 0.25) is 0 Å². The van der Waals surface area contributed by atoms with Gasteiger partial charge >= 0.3 is 0 Å². The molecule has 2 aliphatic rings. The highest BCUT2D eigenvalue weighted by atomic mass is 16.6. The maximum atomic E-state index is 5.58. The summed E-state index contributed by atoms with van der Waals surface area (Å²) >= 11 is 0. The Balaban J connectivity index is 1.98. The Morgan fingerprint density at radius 1 is 0.900 bits per heavy atom. The Bertz CT molecular complexity index is 110. The maximum absolute atomic E-state index is 5.58. The van der Waals surface area contributed by atoms with Gasteiger partial charge in [-0.1, -0.05) is 0 Å². The molecule has 0 aromatic rings. The van der Waals surface area contributed by atoms with E-state index in [9.17, 15) is 0 Å². The fraction of sp³-hybridized carbons (Fsp3) is 1.00. The van der Waals surface area contributed by atoms with Crippen molar-refractivity contribution in [3.8, 4) is 0 Å². The van der Waals surface area contributed by atoms with Crippen LogP contribution >= 0.6 is 0 Å². The molecule has 0 N–H and O–H groups in total. The minimum Gasteiger partial charge on any atom is -0.378 e. The third-order valence-corrected chi connectivity index (χ3v) is 2.07. The fourth-order valence-corrected chi connectivity index (χ4v) is 1.43. The van der Waals surface area contributed by atoms with E-state index in [0.29, 0.717) is 13.2 Å². The summed E-state index contributed by atoms with van der Waals surface area (Å²) in [6, 6.07) is 0. The molecule has 58 valence electrons. The molecule has 1 atom stereocenters. The third-order valence-electron chi connectivity index (χ3n) is 2.07. The van der Waals surface area contributed by atoms with E-state index in [0.717, 1.165) is 26.2 Å². The maximum Gasteiger partial charge on any atom is 0.117 e. The summed E-state index contributed by atoms with van der Waals surface area (Å²) in [4.78, 5) is 0. The molecule has 0 bridgehead atoms. The van der Waals surface area contributed by atoms with E-state index in [1.165, 1.54) is 0 Å². The second-order valence-corrected chi connectivity index (χ2v) is 2.89. The molecule has 0 aromatic carbocycles. The van der Waals surface area contributed by atoms with Gasteiger partial charge in [0.05, 0.1) is 26.4 Å². The zero-order chi connectivity index (χ0) is 6.86. The van der Waals surface area contributed by atoms with Crippen molar-refractivity contribution in [3.63, 3.8) is 0 Å². The van der Waals surface area contributed by atoms with Gasteiger partial charge in [-0.15, -0.1) is 0 Å². The molecule has 1 unspecified atom stereocenters. The summed E-state index contributed by atoms with van der Waals surface area (Å²) in [7, 11) is 0. The van der Waals surface area contributed by atoms with Gasteiger partial charge in [0.15, 0.2) is 0 Å². The number of rotatable bonds is 0. The number of hydrogen-bond acceptors (Lipinski definition) is 3. The second kappa shape index (κ2) is 2.49. The minimum absolute atomic E-state index is 0.0712. The molecule has 1 spiro atoms. The molecule has 2 fully saturated rings. The van der Waals surface area contributed by atoms with Crippen molar-refractivity contribution in [2.75, 3.05) is 33.0 Å². The molecule has 0 aromatic heterocycles. The zero-order valence-corrected chi connectivity index (χ0v) is 5.97. The summed E-state index contributed by atoms with van der Waals surface area (Å²) in [5.41, 5.74) is -0.0712. The van der Waals surface area contributed by atoms with Gasteiger partial charge in [-0.3, -0.25) is 0 Å². The average molecular weight is 144 g/mol. The summed E-state index contributed by atoms with van der Waals surface area (Å²) in [5.74, 6) is 0. The first-order chi connectivity index (χ1) is 4.91. The quantitative estimate of drug-likeness (QED) is 0.486. The van der Waals surface area contributed by atoms with Gasteiger partial charge in [-0.2, -0.15) is 0 Å². The normalized spacial score (nSPS) is 40.8. The molecule has 2 aliphatic heterocycles. The zero-order valence-electron chi connectivity index (χ0n) is 5.97. The summed E-state index contributed by atoms with van der Waals surface area (Å²) in [6.45, 7) is 3.72. The van der Waals surface area contributed by atoms with E-state index in [2.05, 4.69) is 0 Å². The molecule has 0 amide bonds. The van der Waals surface area contributed by atoms with Crippen LogP contribution in [0, 0.1) is 0 Å². The summed E-state index contributed by atoms with van der Waals surface area (Å²) in [5, 5.41) is 0. The van der Waals surface area contributed by atoms with Crippen LogP contribution in [0.5, 0.6) is 0 Å². The topological polar surface area (TPSA) is 27.7 Å². The molecule has 3 nitrogen and oxygen atoms in total.